The highest BCUT2D eigenvalue weighted by Gasteiger charge is 2.13. The Morgan fingerprint density at radius 1 is 0.939 bits per heavy atom. The summed E-state index contributed by atoms with van der Waals surface area (Å²) in [5, 5.41) is 3.14. The quantitative estimate of drug-likeness (QED) is 0.454. The Hall–Kier alpha value is -2.87. The van der Waals surface area contributed by atoms with Gasteiger partial charge in [-0.25, -0.2) is 8.42 Å². The average molecular weight is 486 g/mol. The molecule has 0 heterocycles. The second kappa shape index (κ2) is 11.3. The molecule has 0 spiro atoms. The third-order valence-corrected chi connectivity index (χ3v) is 7.07. The number of hydrogen-bond donors (Lipinski definition) is 2. The molecule has 2 N–H and O–H groups in total. The number of carbonyl (C=O) groups excluding carboxylic acids is 1. The van der Waals surface area contributed by atoms with E-state index in [1.165, 1.54) is 34.7 Å². The van der Waals surface area contributed by atoms with Gasteiger partial charge in [0.25, 0.3) is 5.91 Å². The average Bonchev–Trinajstić information content (AvgIpc) is 2.83. The normalized spacial score (nSPS) is 11.4. The topological polar surface area (TPSA) is 81.8 Å². The van der Waals surface area contributed by atoms with Gasteiger partial charge in [-0.05, 0) is 43.7 Å². The van der Waals surface area contributed by atoms with Crippen molar-refractivity contribution in [3.05, 3.63) is 99.2 Å². The predicted molar refractivity (Wildman–Crippen MR) is 131 cm³/mol. The van der Waals surface area contributed by atoms with E-state index in [0.29, 0.717) is 6.54 Å². The van der Waals surface area contributed by atoms with Crippen LogP contribution in [0.25, 0.3) is 4.72 Å². The molecular weight excluding hydrogens is 458 g/mol. The van der Waals surface area contributed by atoms with E-state index in [9.17, 15) is 13.2 Å². The van der Waals surface area contributed by atoms with E-state index in [-0.39, 0.29) is 27.1 Å². The molecule has 0 aliphatic rings. The Balaban J connectivity index is 1.73. The molecule has 3 rings (SSSR count). The van der Waals surface area contributed by atoms with E-state index in [4.69, 9.17) is 11.6 Å². The van der Waals surface area contributed by atoms with Crippen LogP contribution in [0.4, 0.5) is 5.69 Å². The largest absolute Gasteiger partial charge is 0.572 e. The molecule has 3 aromatic rings. The molecule has 0 saturated carbocycles. The van der Waals surface area contributed by atoms with Crippen molar-refractivity contribution in [2.45, 2.75) is 31.8 Å². The molecule has 8 heteroatoms. The van der Waals surface area contributed by atoms with Gasteiger partial charge in [0.1, 0.15) is 16.6 Å². The summed E-state index contributed by atoms with van der Waals surface area (Å²) >= 11 is 6.04. The molecule has 0 aliphatic heterocycles. The maximum atomic E-state index is 12.8. The zero-order chi connectivity index (χ0) is 23.8. The van der Waals surface area contributed by atoms with Crippen molar-refractivity contribution in [1.82, 2.24) is 5.32 Å². The molecular formula is C25H28ClN3O3S. The van der Waals surface area contributed by atoms with Crippen LogP contribution in [0.15, 0.2) is 77.7 Å². The van der Waals surface area contributed by atoms with Gasteiger partial charge >= 0.3 is 0 Å². The number of hydrogen-bond acceptors (Lipinski definition) is 3. The van der Waals surface area contributed by atoms with E-state index in [1.54, 1.807) is 24.3 Å². The molecule has 6 nitrogen and oxygen atoms in total. The lowest BCUT2D eigenvalue weighted by Gasteiger charge is -2.23. The summed E-state index contributed by atoms with van der Waals surface area (Å²) < 4.78 is 29.3. The summed E-state index contributed by atoms with van der Waals surface area (Å²) in [5.41, 5.74) is 2.63. The lowest BCUT2D eigenvalue weighted by molar-refractivity contribution is -0.910. The smallest absolute Gasteiger partial charge is 0.251 e. The molecule has 0 fully saturated rings. The number of halogens is 1. The Labute approximate surface area is 200 Å². The number of rotatable bonds is 10. The van der Waals surface area contributed by atoms with Gasteiger partial charge in [0.05, 0.1) is 18.0 Å². The molecule has 0 bridgehead atoms. The second-order valence-electron chi connectivity index (χ2n) is 7.63. The van der Waals surface area contributed by atoms with Crippen LogP contribution >= 0.6 is 11.6 Å². The first-order valence-electron chi connectivity index (χ1n) is 10.8. The number of amides is 1. The molecule has 0 unspecified atom stereocenters. The summed E-state index contributed by atoms with van der Waals surface area (Å²) in [6.07, 6.45) is 0. The Morgan fingerprint density at radius 3 is 2.30 bits per heavy atom. The highest BCUT2D eigenvalue weighted by molar-refractivity contribution is 7.94. The van der Waals surface area contributed by atoms with Crippen LogP contribution in [0, 0.1) is 0 Å². The number of nitrogens with zero attached hydrogens (tertiary/aromatic N) is 1. The first-order chi connectivity index (χ1) is 15.8. The van der Waals surface area contributed by atoms with Crippen molar-refractivity contribution in [1.29, 1.82) is 0 Å². The van der Waals surface area contributed by atoms with Crippen LogP contribution < -0.4 is 10.2 Å². The van der Waals surface area contributed by atoms with Gasteiger partial charge in [-0.15, -0.1) is 5.69 Å². The van der Waals surface area contributed by atoms with Gasteiger partial charge in [0.15, 0.2) is 0 Å². The number of sulfonamides is 1. The van der Waals surface area contributed by atoms with Crippen molar-refractivity contribution < 1.29 is 18.1 Å². The number of benzene rings is 3. The van der Waals surface area contributed by atoms with Crippen molar-refractivity contribution >= 4 is 33.2 Å². The van der Waals surface area contributed by atoms with Gasteiger partial charge in [-0.1, -0.05) is 60.1 Å². The Bertz CT molecular complexity index is 1210. The first kappa shape index (κ1) is 24.8. The fourth-order valence-electron chi connectivity index (χ4n) is 3.46. The summed E-state index contributed by atoms with van der Waals surface area (Å²) in [4.78, 5) is 14.2. The van der Waals surface area contributed by atoms with Gasteiger partial charge in [0.2, 0.25) is 0 Å². The van der Waals surface area contributed by atoms with E-state index in [1.807, 2.05) is 18.2 Å². The van der Waals surface area contributed by atoms with E-state index in [2.05, 4.69) is 30.0 Å². The first-order valence-corrected chi connectivity index (χ1v) is 12.7. The monoisotopic (exact) mass is 485 g/mol. The van der Waals surface area contributed by atoms with Crippen molar-refractivity contribution in [3.63, 3.8) is 0 Å². The third kappa shape index (κ3) is 6.57. The van der Waals surface area contributed by atoms with Crippen LogP contribution in [-0.4, -0.2) is 27.4 Å². The van der Waals surface area contributed by atoms with Crippen LogP contribution in [0.2, 0.25) is 5.02 Å². The van der Waals surface area contributed by atoms with Crippen LogP contribution in [-0.2, 0) is 23.1 Å². The fourth-order valence-corrected chi connectivity index (χ4v) is 4.73. The third-order valence-electron chi connectivity index (χ3n) is 5.46. The number of carbonyl (C=O) groups is 1. The van der Waals surface area contributed by atoms with Crippen molar-refractivity contribution in [3.8, 4) is 0 Å². The van der Waals surface area contributed by atoms with E-state index in [0.717, 1.165) is 25.2 Å². The maximum absolute atomic E-state index is 12.8. The lowest BCUT2D eigenvalue weighted by atomic mass is 10.1. The minimum absolute atomic E-state index is 0.0689. The SMILES string of the molecule is CC[NH+](CC)Cc1ccccc1CNC(=O)c1cccc(S(=O)(=O)[N-]c2ccccc2Cl)c1. The minimum Gasteiger partial charge on any atom is -0.572 e. The Morgan fingerprint density at radius 2 is 1.61 bits per heavy atom. The van der Waals surface area contributed by atoms with Gasteiger partial charge in [-0.2, -0.15) is 0 Å². The second-order valence-corrected chi connectivity index (χ2v) is 9.64. The highest BCUT2D eigenvalue weighted by Crippen LogP contribution is 2.33. The zero-order valence-electron chi connectivity index (χ0n) is 18.7. The minimum atomic E-state index is -4.03. The molecule has 0 aromatic heterocycles. The molecule has 0 aliphatic carbocycles. The predicted octanol–water partition coefficient (Wildman–Crippen LogP) is 4.09. The van der Waals surface area contributed by atoms with Gasteiger partial charge < -0.3 is 14.9 Å². The van der Waals surface area contributed by atoms with Crippen molar-refractivity contribution in [2.75, 3.05) is 13.1 Å². The molecule has 0 saturated heterocycles. The summed E-state index contributed by atoms with van der Waals surface area (Å²) in [6, 6.07) is 20.3. The molecule has 0 radical (unpaired) electrons. The lowest BCUT2D eigenvalue weighted by Crippen LogP contribution is -3.10. The van der Waals surface area contributed by atoms with Gasteiger partial charge in [0, 0.05) is 22.7 Å². The molecule has 3 aromatic carbocycles. The summed E-state index contributed by atoms with van der Waals surface area (Å²) in [6.45, 7) is 7.60. The number of quaternary nitrogens is 1. The molecule has 0 atom stereocenters. The number of nitrogens with one attached hydrogen (secondary N) is 2. The summed E-state index contributed by atoms with van der Waals surface area (Å²) in [5.74, 6) is -0.352. The van der Waals surface area contributed by atoms with Crippen LogP contribution in [0.3, 0.4) is 0 Å². The summed E-state index contributed by atoms with van der Waals surface area (Å²) in [7, 11) is -4.03. The zero-order valence-corrected chi connectivity index (χ0v) is 20.3. The molecule has 33 heavy (non-hydrogen) atoms. The van der Waals surface area contributed by atoms with E-state index >= 15 is 0 Å². The standard InChI is InChI=1S/C25H27ClN3O3S/c1-3-29(4-2)18-21-11-6-5-10-20(21)17-27-25(30)19-12-9-13-22(16-19)33(31,32)28-24-15-8-7-14-23(24)26/h5-16H,3-4,17-18H2,1-2H3,(H,27,30)/q-1/p+1. The van der Waals surface area contributed by atoms with Crippen LogP contribution in [0.1, 0.15) is 35.3 Å². The molecule has 174 valence electrons. The van der Waals surface area contributed by atoms with Gasteiger partial charge in [-0.3, -0.25) is 4.79 Å². The maximum Gasteiger partial charge on any atom is 0.251 e. The van der Waals surface area contributed by atoms with E-state index < -0.39 is 10.0 Å². The Kier molecular flexibility index (Phi) is 8.49. The van der Waals surface area contributed by atoms with Crippen molar-refractivity contribution in [2.24, 2.45) is 0 Å². The molecule has 1 amide bonds. The highest BCUT2D eigenvalue weighted by atomic mass is 35.5. The fraction of sp³-hybridized carbons (Fsp3) is 0.240. The van der Waals surface area contributed by atoms with Crippen LogP contribution in [0.5, 0.6) is 0 Å².